The van der Waals surface area contributed by atoms with Crippen molar-refractivity contribution in [2.45, 2.75) is 6.92 Å². The molecule has 0 amide bonds. The summed E-state index contributed by atoms with van der Waals surface area (Å²) >= 11 is 0. The number of rotatable bonds is 3. The zero-order chi connectivity index (χ0) is 13.0. The monoisotopic (exact) mass is 244 g/mol. The van der Waals surface area contributed by atoms with Gasteiger partial charge in [0.1, 0.15) is 12.1 Å². The largest absolute Gasteiger partial charge is 0.464 e. The van der Waals surface area contributed by atoms with Crippen LogP contribution in [0.3, 0.4) is 0 Å². The number of esters is 1. The molecule has 5 nitrogen and oxygen atoms in total. The fraction of sp³-hybridized carbons (Fsp3) is 0.154. The summed E-state index contributed by atoms with van der Waals surface area (Å²) in [6.45, 7) is 1.99. The molecule has 18 heavy (non-hydrogen) atoms. The number of methoxy groups -OCH3 is 1. The minimum absolute atomic E-state index is 0.162. The summed E-state index contributed by atoms with van der Waals surface area (Å²) in [6.07, 6.45) is 1.26. The van der Waals surface area contributed by atoms with E-state index in [0.29, 0.717) is 11.6 Å². The molecule has 0 saturated carbocycles. The first-order chi connectivity index (χ1) is 8.69. The first-order valence-electron chi connectivity index (χ1n) is 5.34. The van der Waals surface area contributed by atoms with Gasteiger partial charge in [-0.2, -0.15) is 0 Å². The van der Waals surface area contributed by atoms with Crippen LogP contribution in [0.5, 0.6) is 11.6 Å². The fourth-order valence-electron chi connectivity index (χ4n) is 1.34. The molecule has 0 atom stereocenters. The van der Waals surface area contributed by atoms with Gasteiger partial charge in [-0.3, -0.25) is 0 Å². The number of hydrogen-bond acceptors (Lipinski definition) is 5. The number of aryl methyl sites for hydroxylation is 1. The normalized spacial score (nSPS) is 9.89. The van der Waals surface area contributed by atoms with Crippen LogP contribution in [-0.2, 0) is 4.74 Å². The molecule has 0 aliphatic heterocycles. The molecule has 0 fully saturated rings. The van der Waals surface area contributed by atoms with Crippen LogP contribution in [0.15, 0.2) is 36.7 Å². The van der Waals surface area contributed by atoms with Gasteiger partial charge in [-0.15, -0.1) is 0 Å². The van der Waals surface area contributed by atoms with Gasteiger partial charge in [-0.1, -0.05) is 17.7 Å². The van der Waals surface area contributed by atoms with Gasteiger partial charge in [0.05, 0.1) is 7.11 Å². The average molecular weight is 244 g/mol. The third-order valence-corrected chi connectivity index (χ3v) is 2.28. The second-order valence-corrected chi connectivity index (χ2v) is 3.65. The van der Waals surface area contributed by atoms with E-state index in [1.165, 1.54) is 19.5 Å². The van der Waals surface area contributed by atoms with Gasteiger partial charge in [0, 0.05) is 6.07 Å². The zero-order valence-corrected chi connectivity index (χ0v) is 10.1. The maximum absolute atomic E-state index is 11.3. The smallest absolute Gasteiger partial charge is 0.356 e. The lowest BCUT2D eigenvalue weighted by atomic mass is 10.2. The van der Waals surface area contributed by atoms with Crippen molar-refractivity contribution in [3.8, 4) is 11.6 Å². The Hall–Kier alpha value is -2.43. The third-order valence-electron chi connectivity index (χ3n) is 2.28. The highest BCUT2D eigenvalue weighted by Gasteiger charge is 2.09. The van der Waals surface area contributed by atoms with Gasteiger partial charge < -0.3 is 9.47 Å². The van der Waals surface area contributed by atoms with Crippen molar-refractivity contribution in [1.82, 2.24) is 9.97 Å². The van der Waals surface area contributed by atoms with Crippen molar-refractivity contribution in [2.24, 2.45) is 0 Å². The number of ether oxygens (including phenoxy) is 2. The molecule has 0 bridgehead atoms. The van der Waals surface area contributed by atoms with Gasteiger partial charge in [0.2, 0.25) is 5.88 Å². The molecule has 0 radical (unpaired) electrons. The summed E-state index contributed by atoms with van der Waals surface area (Å²) in [7, 11) is 1.30. The van der Waals surface area contributed by atoms with Crippen LogP contribution < -0.4 is 4.74 Å². The predicted molar refractivity (Wildman–Crippen MR) is 64.6 cm³/mol. The molecule has 2 aromatic rings. The maximum atomic E-state index is 11.3. The summed E-state index contributed by atoms with van der Waals surface area (Å²) in [5, 5.41) is 0. The van der Waals surface area contributed by atoms with Crippen LogP contribution in [0.2, 0.25) is 0 Å². The van der Waals surface area contributed by atoms with E-state index < -0.39 is 5.97 Å². The van der Waals surface area contributed by atoms with Crippen LogP contribution in [0, 0.1) is 6.92 Å². The number of aromatic nitrogens is 2. The molecule has 1 heterocycles. The molecule has 0 aliphatic carbocycles. The number of nitrogens with zero attached hydrogens (tertiary/aromatic N) is 2. The Morgan fingerprint density at radius 2 is 1.89 bits per heavy atom. The first kappa shape index (κ1) is 12.0. The van der Waals surface area contributed by atoms with Crippen molar-refractivity contribution in [3.05, 3.63) is 47.9 Å². The average Bonchev–Trinajstić information content (AvgIpc) is 2.41. The van der Waals surface area contributed by atoms with E-state index in [1.54, 1.807) is 0 Å². The van der Waals surface area contributed by atoms with Crippen LogP contribution in [0.25, 0.3) is 0 Å². The minimum atomic E-state index is -0.522. The molecule has 2 rings (SSSR count). The molecule has 92 valence electrons. The van der Waals surface area contributed by atoms with E-state index in [4.69, 9.17) is 4.74 Å². The highest BCUT2D eigenvalue weighted by atomic mass is 16.5. The molecule has 0 N–H and O–H groups in total. The third kappa shape index (κ3) is 2.82. The Bertz CT molecular complexity index is 552. The molecule has 0 saturated heterocycles. The number of carbonyl (C=O) groups is 1. The number of benzene rings is 1. The van der Waals surface area contributed by atoms with Crippen LogP contribution in [0.1, 0.15) is 16.1 Å². The van der Waals surface area contributed by atoms with Crippen molar-refractivity contribution in [1.29, 1.82) is 0 Å². The van der Waals surface area contributed by atoms with Crippen LogP contribution in [0.4, 0.5) is 0 Å². The Morgan fingerprint density at radius 1 is 1.17 bits per heavy atom. The summed E-state index contributed by atoms with van der Waals surface area (Å²) in [5.41, 5.74) is 1.30. The fourth-order valence-corrected chi connectivity index (χ4v) is 1.34. The topological polar surface area (TPSA) is 61.3 Å². The van der Waals surface area contributed by atoms with E-state index in [9.17, 15) is 4.79 Å². The number of hydrogen-bond donors (Lipinski definition) is 0. The predicted octanol–water partition coefficient (Wildman–Crippen LogP) is 2.36. The van der Waals surface area contributed by atoms with Crippen molar-refractivity contribution >= 4 is 5.97 Å². The van der Waals surface area contributed by atoms with Crippen molar-refractivity contribution < 1.29 is 14.3 Å². The van der Waals surface area contributed by atoms with Crippen LogP contribution in [-0.4, -0.2) is 23.0 Å². The highest BCUT2D eigenvalue weighted by Crippen LogP contribution is 2.19. The van der Waals surface area contributed by atoms with Gasteiger partial charge >= 0.3 is 5.97 Å². The lowest BCUT2D eigenvalue weighted by Gasteiger charge is -2.05. The Labute approximate surface area is 104 Å². The van der Waals surface area contributed by atoms with E-state index in [1.807, 2.05) is 31.2 Å². The zero-order valence-electron chi connectivity index (χ0n) is 10.1. The summed E-state index contributed by atoms with van der Waals surface area (Å²) in [4.78, 5) is 19.0. The second kappa shape index (κ2) is 5.27. The summed E-state index contributed by atoms with van der Waals surface area (Å²) < 4.78 is 10.1. The van der Waals surface area contributed by atoms with Crippen molar-refractivity contribution in [2.75, 3.05) is 7.11 Å². The summed E-state index contributed by atoms with van der Waals surface area (Å²) in [6, 6.07) is 8.95. The van der Waals surface area contributed by atoms with Gasteiger partial charge in [0.25, 0.3) is 0 Å². The highest BCUT2D eigenvalue weighted by molar-refractivity contribution is 5.87. The maximum Gasteiger partial charge on any atom is 0.356 e. The van der Waals surface area contributed by atoms with Gasteiger partial charge in [-0.05, 0) is 19.1 Å². The van der Waals surface area contributed by atoms with E-state index in [0.717, 1.165) is 5.56 Å². The molecule has 1 aromatic carbocycles. The Balaban J connectivity index is 2.19. The first-order valence-corrected chi connectivity index (χ1v) is 5.34. The lowest BCUT2D eigenvalue weighted by Crippen LogP contribution is -2.04. The SMILES string of the molecule is COC(=O)c1cc(Oc2ccc(C)cc2)ncn1. The number of carbonyl (C=O) groups excluding carboxylic acids is 1. The summed E-state index contributed by atoms with van der Waals surface area (Å²) in [5.74, 6) is 0.426. The van der Waals surface area contributed by atoms with Gasteiger partial charge in [0.15, 0.2) is 5.69 Å². The Morgan fingerprint density at radius 3 is 2.56 bits per heavy atom. The van der Waals surface area contributed by atoms with Crippen LogP contribution >= 0.6 is 0 Å². The molecule has 0 unspecified atom stereocenters. The second-order valence-electron chi connectivity index (χ2n) is 3.65. The molecule has 5 heteroatoms. The Kier molecular flexibility index (Phi) is 3.52. The molecular formula is C13H12N2O3. The molecule has 1 aromatic heterocycles. The van der Waals surface area contributed by atoms with Gasteiger partial charge in [-0.25, -0.2) is 14.8 Å². The molecule has 0 aliphatic rings. The van der Waals surface area contributed by atoms with E-state index in [2.05, 4.69) is 14.7 Å². The molecule has 0 spiro atoms. The quantitative estimate of drug-likeness (QED) is 0.775. The van der Waals surface area contributed by atoms with E-state index in [-0.39, 0.29) is 5.69 Å². The van der Waals surface area contributed by atoms with Crippen molar-refractivity contribution in [3.63, 3.8) is 0 Å². The lowest BCUT2D eigenvalue weighted by molar-refractivity contribution is 0.0593. The van der Waals surface area contributed by atoms with E-state index >= 15 is 0 Å². The minimum Gasteiger partial charge on any atom is -0.464 e. The standard InChI is InChI=1S/C13H12N2O3/c1-9-3-5-10(6-4-9)18-12-7-11(13(16)17-2)14-8-15-12/h3-8H,1-2H3. The molecular weight excluding hydrogens is 232 g/mol.